The summed E-state index contributed by atoms with van der Waals surface area (Å²) < 4.78 is 56.6. The summed E-state index contributed by atoms with van der Waals surface area (Å²) in [7, 11) is -15.9. The zero-order chi connectivity index (χ0) is 52.4. The largest absolute Gasteiger partial charge is 0.472 e. The highest BCUT2D eigenvalue weighted by Crippen LogP contribution is 2.69. The van der Waals surface area contributed by atoms with Gasteiger partial charge in [-0.15, -0.1) is 0 Å². The van der Waals surface area contributed by atoms with Crippen LogP contribution in [0.4, 0.5) is 0 Å². The van der Waals surface area contributed by atoms with E-state index in [1.807, 2.05) is 0 Å². The fraction of sp³-hybridized carbons (Fsp3) is 0.875. The predicted octanol–water partition coefficient (Wildman–Crippen LogP) is 10.3. The molecular weight excluding hydrogens is 969 g/mol. The lowest BCUT2D eigenvalue weighted by Gasteiger charge is -2.29. The van der Waals surface area contributed by atoms with Crippen LogP contribution in [-0.2, 0) is 51.4 Å². The molecule has 8 N–H and O–H groups in total. The Morgan fingerprint density at radius 3 is 1.43 bits per heavy atom. The second-order valence-electron chi connectivity index (χ2n) is 18.3. The Hall–Kier alpha value is -2.01. The van der Waals surface area contributed by atoms with Crippen LogP contribution in [0, 0.1) is 0 Å². The van der Waals surface area contributed by atoms with Gasteiger partial charge in [-0.1, -0.05) is 174 Å². The zero-order valence-electron chi connectivity index (χ0n) is 42.6. The number of rotatable bonds is 49. The molecule has 0 rings (SSSR count). The first kappa shape index (κ1) is 68.0. The topological polar surface area (TPSA) is 302 Å². The average molecular weight is 1060 g/mol. The van der Waals surface area contributed by atoms with Gasteiger partial charge in [0.1, 0.15) is 6.61 Å². The van der Waals surface area contributed by atoms with E-state index in [0.29, 0.717) is 25.7 Å². The minimum atomic E-state index is -5.59. The Morgan fingerprint density at radius 2 is 0.971 bits per heavy atom. The molecule has 0 aromatic carbocycles. The predicted molar refractivity (Wildman–Crippen MR) is 270 cm³/mol. The van der Waals surface area contributed by atoms with Crippen LogP contribution in [0.1, 0.15) is 226 Å². The maximum atomic E-state index is 12.8. The van der Waals surface area contributed by atoms with Gasteiger partial charge in [0.05, 0.1) is 13.2 Å². The molecule has 0 aromatic rings. The van der Waals surface area contributed by atoms with Crippen molar-refractivity contribution in [2.45, 2.75) is 237 Å². The van der Waals surface area contributed by atoms with E-state index in [4.69, 9.17) is 18.5 Å². The van der Waals surface area contributed by atoms with Crippen LogP contribution in [0.25, 0.3) is 0 Å². The molecule has 0 aromatic heterocycles. The summed E-state index contributed by atoms with van der Waals surface area (Å²) in [5, 5.41) is 11.2. The molecule has 2 atom stereocenters. The number of esters is 2. The fourth-order valence-electron chi connectivity index (χ4n) is 7.48. The number of unbranched alkanes of at least 4 members (excludes halogenated alkanes) is 25. The van der Waals surface area contributed by atoms with Crippen molar-refractivity contribution in [3.8, 4) is 0 Å². The normalized spacial score (nSPS) is 13.5. The molecule has 412 valence electrons. The molecule has 0 spiro atoms. The molecule has 0 aliphatic rings. The number of phosphoric acid groups is 1. The van der Waals surface area contributed by atoms with Gasteiger partial charge >= 0.3 is 35.0 Å². The van der Waals surface area contributed by atoms with Crippen LogP contribution in [0.15, 0.2) is 12.2 Å². The quantitative estimate of drug-likeness (QED) is 0.0122. The van der Waals surface area contributed by atoms with Gasteiger partial charge in [0.2, 0.25) is 11.8 Å². The number of allylic oxidation sites excluding steroid dienone is 1. The standard InChI is InChI=1S/C48H93N2O17P3/c1-3-5-7-9-11-13-15-17-19-21-23-25-30-35-46(53)64-41-43(67-47(54)36-31-26-24-22-20-18-16-14-12-10-8-6-4-2)42-66-70(62,63)65-40-39-50-45(52)34-29-27-28-33-44(51)49-38-32-37-48(55,68(56,57)58)69(59,60)61/h28,33,43,55H,3-27,29-32,34-42H2,1-2H3,(H,49,51)(H,50,52)(H,62,63)(H2,56,57,58)(H2,59,60,61)/t43-/m1/s1. The van der Waals surface area contributed by atoms with Gasteiger partial charge in [0, 0.05) is 38.8 Å². The number of carbonyl (C=O) groups excluding carboxylic acids is 4. The minimum absolute atomic E-state index is 0.0347. The van der Waals surface area contributed by atoms with Crippen molar-refractivity contribution in [2.24, 2.45) is 0 Å². The summed E-state index contributed by atoms with van der Waals surface area (Å²) in [4.78, 5) is 96.6. The number of hydrogen-bond acceptors (Lipinski definition) is 12. The summed E-state index contributed by atoms with van der Waals surface area (Å²) >= 11 is 0. The Kier molecular flexibility index (Phi) is 41.1. The van der Waals surface area contributed by atoms with Crippen LogP contribution in [-0.4, -0.2) is 97.4 Å². The van der Waals surface area contributed by atoms with E-state index >= 15 is 0 Å². The Labute approximate surface area is 419 Å². The maximum Gasteiger partial charge on any atom is 0.472 e. The van der Waals surface area contributed by atoms with E-state index in [1.54, 1.807) is 0 Å². The smallest absolute Gasteiger partial charge is 0.462 e. The van der Waals surface area contributed by atoms with Gasteiger partial charge in [-0.3, -0.25) is 37.4 Å². The number of ether oxygens (including phenoxy) is 2. The summed E-state index contributed by atoms with van der Waals surface area (Å²) in [6.07, 6.45) is 31.5. The molecule has 0 aliphatic heterocycles. The first-order valence-electron chi connectivity index (χ1n) is 26.3. The molecule has 70 heavy (non-hydrogen) atoms. The molecule has 0 saturated heterocycles. The first-order chi connectivity index (χ1) is 33.3. The molecule has 0 fully saturated rings. The maximum absolute atomic E-state index is 12.8. The Balaban J connectivity index is 4.69. The van der Waals surface area contributed by atoms with Gasteiger partial charge < -0.3 is 49.7 Å². The molecule has 2 amide bonds. The molecule has 1 unspecified atom stereocenters. The van der Waals surface area contributed by atoms with E-state index in [-0.39, 0.29) is 45.4 Å². The fourth-order valence-corrected chi connectivity index (χ4v) is 10.5. The third-order valence-electron chi connectivity index (χ3n) is 11.8. The lowest BCUT2D eigenvalue weighted by molar-refractivity contribution is -0.161. The average Bonchev–Trinajstić information content (AvgIpc) is 3.29. The van der Waals surface area contributed by atoms with Gasteiger partial charge in [-0.05, 0) is 38.2 Å². The van der Waals surface area contributed by atoms with Gasteiger partial charge in [-0.25, -0.2) is 4.57 Å². The molecule has 22 heteroatoms. The third-order valence-corrected chi connectivity index (χ3v) is 16.6. The van der Waals surface area contributed by atoms with Crippen molar-refractivity contribution in [2.75, 3.05) is 32.9 Å². The molecule has 0 radical (unpaired) electrons. The summed E-state index contributed by atoms with van der Waals surface area (Å²) in [6, 6.07) is 0. The van der Waals surface area contributed by atoms with Crippen LogP contribution >= 0.6 is 23.0 Å². The first-order valence-corrected chi connectivity index (χ1v) is 31.0. The van der Waals surface area contributed by atoms with E-state index < -0.39 is 77.6 Å². The zero-order valence-corrected chi connectivity index (χ0v) is 45.3. The summed E-state index contributed by atoms with van der Waals surface area (Å²) in [6.45, 7) is 2.74. The number of aliphatic hydroxyl groups is 1. The number of amides is 2. The minimum Gasteiger partial charge on any atom is -0.462 e. The van der Waals surface area contributed by atoms with Crippen LogP contribution < -0.4 is 10.6 Å². The van der Waals surface area contributed by atoms with E-state index in [1.165, 1.54) is 122 Å². The number of hydrogen-bond donors (Lipinski definition) is 8. The van der Waals surface area contributed by atoms with Gasteiger partial charge in [0.25, 0.3) is 5.08 Å². The van der Waals surface area contributed by atoms with Crippen LogP contribution in [0.2, 0.25) is 0 Å². The summed E-state index contributed by atoms with van der Waals surface area (Å²) in [5.41, 5.74) is 0. The van der Waals surface area contributed by atoms with Crippen LogP contribution in [0.3, 0.4) is 0 Å². The highest BCUT2D eigenvalue weighted by Gasteiger charge is 2.58. The molecule has 0 bridgehead atoms. The Bertz CT molecular complexity index is 1540. The van der Waals surface area contributed by atoms with Crippen molar-refractivity contribution in [3.05, 3.63) is 12.2 Å². The van der Waals surface area contributed by atoms with E-state index in [0.717, 1.165) is 44.6 Å². The SMILES string of the molecule is CCCCCCCCCCCCCCCC(=O)OC[C@H](COP(=O)(O)OCCNC(=O)CCCC=CC(=O)NCCCC(O)(P(=O)(O)O)P(=O)(O)O)OC(=O)CCCCCCCCCCCCCCC. The third kappa shape index (κ3) is 38.6. The van der Waals surface area contributed by atoms with E-state index in [2.05, 4.69) is 24.5 Å². The second-order valence-corrected chi connectivity index (χ2v) is 23.7. The van der Waals surface area contributed by atoms with Crippen molar-refractivity contribution in [1.29, 1.82) is 0 Å². The lowest BCUT2D eigenvalue weighted by Crippen LogP contribution is -2.31. The molecular formula is C48H93N2O17P3. The van der Waals surface area contributed by atoms with Crippen molar-refractivity contribution >= 4 is 46.8 Å². The number of phosphoric ester groups is 1. The number of carbonyl (C=O) groups is 4. The van der Waals surface area contributed by atoms with Crippen molar-refractivity contribution in [3.63, 3.8) is 0 Å². The Morgan fingerprint density at radius 1 is 0.529 bits per heavy atom. The van der Waals surface area contributed by atoms with Crippen molar-refractivity contribution < 1.29 is 81.0 Å². The number of nitrogens with one attached hydrogen (secondary N) is 2. The van der Waals surface area contributed by atoms with E-state index in [9.17, 15) is 62.4 Å². The highest BCUT2D eigenvalue weighted by atomic mass is 31.2. The molecule has 0 aliphatic carbocycles. The van der Waals surface area contributed by atoms with Gasteiger partial charge in [0.15, 0.2) is 6.10 Å². The monoisotopic (exact) mass is 1060 g/mol. The van der Waals surface area contributed by atoms with Crippen LogP contribution in [0.5, 0.6) is 0 Å². The summed E-state index contributed by atoms with van der Waals surface area (Å²) in [5.74, 6) is -2.02. The highest BCUT2D eigenvalue weighted by molar-refractivity contribution is 7.72. The molecule has 19 nitrogen and oxygen atoms in total. The van der Waals surface area contributed by atoms with Crippen molar-refractivity contribution in [1.82, 2.24) is 10.6 Å². The molecule has 0 saturated carbocycles. The molecule has 0 heterocycles. The second kappa shape index (κ2) is 42.4. The van der Waals surface area contributed by atoms with Gasteiger partial charge in [-0.2, -0.15) is 0 Å². The lowest BCUT2D eigenvalue weighted by atomic mass is 10.0.